The predicted octanol–water partition coefficient (Wildman–Crippen LogP) is 4.08. The number of aromatic nitrogens is 2. The Hall–Kier alpha value is -3.66. The first kappa shape index (κ1) is 18.7. The molecule has 0 fully saturated rings. The van der Waals surface area contributed by atoms with Crippen molar-refractivity contribution in [2.24, 2.45) is 0 Å². The average molecular weight is 382 g/mol. The van der Waals surface area contributed by atoms with E-state index in [1.807, 2.05) is 91.0 Å². The van der Waals surface area contributed by atoms with E-state index in [2.05, 4.69) is 0 Å². The standard InChI is InChI=1S/C25H22N2O2/c1-19-23(22-15-9-4-10-16-22)26(17-20-11-5-2-6-12-20)25(29)27(24(19)28)18-21-13-7-3-8-14-21/h2-16H,17-18H2,1H3. The second-order valence-electron chi connectivity index (χ2n) is 7.07. The normalized spacial score (nSPS) is 10.8. The largest absolute Gasteiger partial charge is 0.332 e. The molecule has 0 unspecified atom stereocenters. The van der Waals surface area contributed by atoms with Gasteiger partial charge in [0.1, 0.15) is 0 Å². The molecule has 144 valence electrons. The highest BCUT2D eigenvalue weighted by atomic mass is 16.2. The van der Waals surface area contributed by atoms with E-state index in [1.54, 1.807) is 11.5 Å². The lowest BCUT2D eigenvalue weighted by Crippen LogP contribution is -2.42. The minimum Gasteiger partial charge on any atom is -0.288 e. The minimum atomic E-state index is -0.299. The smallest absolute Gasteiger partial charge is 0.288 e. The van der Waals surface area contributed by atoms with Gasteiger partial charge in [0, 0.05) is 5.56 Å². The maximum atomic E-state index is 13.5. The molecule has 29 heavy (non-hydrogen) atoms. The molecule has 1 heterocycles. The summed E-state index contributed by atoms with van der Waals surface area (Å²) >= 11 is 0. The maximum Gasteiger partial charge on any atom is 0.332 e. The van der Waals surface area contributed by atoms with Crippen LogP contribution in [0.3, 0.4) is 0 Å². The van der Waals surface area contributed by atoms with E-state index in [4.69, 9.17) is 0 Å². The zero-order chi connectivity index (χ0) is 20.2. The van der Waals surface area contributed by atoms with Gasteiger partial charge in [0.05, 0.1) is 18.8 Å². The molecule has 0 amide bonds. The van der Waals surface area contributed by atoms with Gasteiger partial charge in [-0.25, -0.2) is 4.79 Å². The van der Waals surface area contributed by atoms with E-state index in [-0.39, 0.29) is 17.8 Å². The Morgan fingerprint density at radius 2 is 1.07 bits per heavy atom. The van der Waals surface area contributed by atoms with Crippen LogP contribution in [0.4, 0.5) is 0 Å². The van der Waals surface area contributed by atoms with Gasteiger partial charge in [-0.3, -0.25) is 13.9 Å². The summed E-state index contributed by atoms with van der Waals surface area (Å²) in [5.41, 5.74) is 3.49. The van der Waals surface area contributed by atoms with Crippen LogP contribution >= 0.6 is 0 Å². The summed E-state index contributed by atoms with van der Waals surface area (Å²) in [7, 11) is 0. The van der Waals surface area contributed by atoms with E-state index in [9.17, 15) is 9.59 Å². The molecule has 4 aromatic rings. The average Bonchev–Trinajstić information content (AvgIpc) is 2.77. The lowest BCUT2D eigenvalue weighted by atomic mass is 10.1. The van der Waals surface area contributed by atoms with Crippen molar-refractivity contribution in [3.8, 4) is 11.3 Å². The Kier molecular flexibility index (Phi) is 5.25. The SMILES string of the molecule is Cc1c(-c2ccccc2)n(Cc2ccccc2)c(=O)n(Cc2ccccc2)c1=O. The first-order chi connectivity index (χ1) is 14.1. The summed E-state index contributed by atoms with van der Waals surface area (Å²) in [5.74, 6) is 0. The summed E-state index contributed by atoms with van der Waals surface area (Å²) in [5, 5.41) is 0. The molecule has 0 bridgehead atoms. The molecule has 3 aromatic carbocycles. The van der Waals surface area contributed by atoms with Gasteiger partial charge in [-0.1, -0.05) is 91.0 Å². The quantitative estimate of drug-likeness (QED) is 0.522. The summed E-state index contributed by atoms with van der Waals surface area (Å²) in [6.45, 7) is 2.45. The molecule has 1 aromatic heterocycles. The Morgan fingerprint density at radius 1 is 0.621 bits per heavy atom. The van der Waals surface area contributed by atoms with Crippen LogP contribution in [0.5, 0.6) is 0 Å². The van der Waals surface area contributed by atoms with Gasteiger partial charge in [-0.2, -0.15) is 0 Å². The molecule has 0 aliphatic rings. The van der Waals surface area contributed by atoms with Crippen molar-refractivity contribution < 1.29 is 0 Å². The van der Waals surface area contributed by atoms with Crippen LogP contribution in [0, 0.1) is 6.92 Å². The van der Waals surface area contributed by atoms with Crippen LogP contribution in [0.25, 0.3) is 11.3 Å². The molecule has 0 radical (unpaired) electrons. The van der Waals surface area contributed by atoms with Crippen molar-refractivity contribution in [3.05, 3.63) is 129 Å². The molecule has 4 heteroatoms. The van der Waals surface area contributed by atoms with Crippen molar-refractivity contribution >= 4 is 0 Å². The number of hydrogen-bond acceptors (Lipinski definition) is 2. The maximum absolute atomic E-state index is 13.5. The minimum absolute atomic E-state index is 0.248. The van der Waals surface area contributed by atoms with Crippen LogP contribution in [-0.4, -0.2) is 9.13 Å². The topological polar surface area (TPSA) is 44.0 Å². The highest BCUT2D eigenvalue weighted by Gasteiger charge is 2.18. The second kappa shape index (κ2) is 8.15. The zero-order valence-electron chi connectivity index (χ0n) is 16.3. The first-order valence-corrected chi connectivity index (χ1v) is 9.62. The van der Waals surface area contributed by atoms with Crippen LogP contribution < -0.4 is 11.2 Å². The molecular formula is C25H22N2O2. The highest BCUT2D eigenvalue weighted by Crippen LogP contribution is 2.21. The fourth-order valence-corrected chi connectivity index (χ4v) is 3.62. The van der Waals surface area contributed by atoms with Crippen LogP contribution in [0.15, 0.2) is 101 Å². The lowest BCUT2D eigenvalue weighted by Gasteiger charge is -2.18. The van der Waals surface area contributed by atoms with Crippen LogP contribution in [0.1, 0.15) is 16.7 Å². The molecule has 4 nitrogen and oxygen atoms in total. The summed E-state index contributed by atoms with van der Waals surface area (Å²) in [4.78, 5) is 26.6. The van der Waals surface area contributed by atoms with Gasteiger partial charge >= 0.3 is 5.69 Å². The Bertz CT molecular complexity index is 1230. The Morgan fingerprint density at radius 3 is 1.59 bits per heavy atom. The van der Waals surface area contributed by atoms with Gasteiger partial charge in [-0.05, 0) is 23.6 Å². The van der Waals surface area contributed by atoms with Gasteiger partial charge in [0.25, 0.3) is 5.56 Å². The Labute approximate surface area is 169 Å². The monoisotopic (exact) mass is 382 g/mol. The molecule has 0 saturated heterocycles. The molecule has 0 spiro atoms. The highest BCUT2D eigenvalue weighted by molar-refractivity contribution is 5.63. The molecule has 0 saturated carbocycles. The van der Waals surface area contributed by atoms with E-state index in [0.717, 1.165) is 16.7 Å². The summed E-state index contributed by atoms with van der Waals surface area (Å²) in [6, 6.07) is 29.1. The molecule has 0 N–H and O–H groups in total. The van der Waals surface area contributed by atoms with E-state index in [1.165, 1.54) is 4.57 Å². The number of rotatable bonds is 5. The van der Waals surface area contributed by atoms with Crippen molar-refractivity contribution in [1.29, 1.82) is 0 Å². The Balaban J connectivity index is 1.94. The van der Waals surface area contributed by atoms with Crippen molar-refractivity contribution in [2.45, 2.75) is 20.0 Å². The summed E-state index contributed by atoms with van der Waals surface area (Å²) < 4.78 is 3.05. The second-order valence-corrected chi connectivity index (χ2v) is 7.07. The van der Waals surface area contributed by atoms with Gasteiger partial charge in [-0.15, -0.1) is 0 Å². The molecule has 0 aliphatic carbocycles. The van der Waals surface area contributed by atoms with E-state index >= 15 is 0 Å². The lowest BCUT2D eigenvalue weighted by molar-refractivity contribution is 0.611. The number of benzene rings is 3. The van der Waals surface area contributed by atoms with Crippen molar-refractivity contribution in [3.63, 3.8) is 0 Å². The van der Waals surface area contributed by atoms with Crippen molar-refractivity contribution in [1.82, 2.24) is 9.13 Å². The molecule has 4 rings (SSSR count). The van der Waals surface area contributed by atoms with Gasteiger partial charge < -0.3 is 0 Å². The predicted molar refractivity (Wildman–Crippen MR) is 116 cm³/mol. The fourth-order valence-electron chi connectivity index (χ4n) is 3.62. The van der Waals surface area contributed by atoms with Crippen LogP contribution in [0.2, 0.25) is 0 Å². The fraction of sp³-hybridized carbons (Fsp3) is 0.120. The third kappa shape index (κ3) is 3.83. The molecule has 0 aliphatic heterocycles. The zero-order valence-corrected chi connectivity index (χ0v) is 16.3. The third-order valence-electron chi connectivity index (χ3n) is 5.07. The van der Waals surface area contributed by atoms with Crippen molar-refractivity contribution in [2.75, 3.05) is 0 Å². The first-order valence-electron chi connectivity index (χ1n) is 9.62. The summed E-state index contributed by atoms with van der Waals surface area (Å²) in [6.07, 6.45) is 0. The molecule has 0 atom stereocenters. The number of nitrogens with zero attached hydrogens (tertiary/aromatic N) is 2. The van der Waals surface area contributed by atoms with Gasteiger partial charge in [0.2, 0.25) is 0 Å². The molecular weight excluding hydrogens is 360 g/mol. The van der Waals surface area contributed by atoms with Gasteiger partial charge in [0.15, 0.2) is 0 Å². The third-order valence-corrected chi connectivity index (χ3v) is 5.07. The van der Waals surface area contributed by atoms with E-state index in [0.29, 0.717) is 17.8 Å². The van der Waals surface area contributed by atoms with E-state index < -0.39 is 0 Å². The number of hydrogen-bond donors (Lipinski definition) is 0. The van der Waals surface area contributed by atoms with Crippen LogP contribution in [-0.2, 0) is 13.1 Å².